The van der Waals surface area contributed by atoms with Crippen molar-refractivity contribution in [2.75, 3.05) is 20.8 Å². The molecular weight excluding hydrogens is 346 g/mol. The molecule has 3 rings (SSSR count). The van der Waals surface area contributed by atoms with Crippen molar-refractivity contribution in [1.29, 1.82) is 0 Å². The van der Waals surface area contributed by atoms with E-state index in [9.17, 15) is 9.59 Å². The highest BCUT2D eigenvalue weighted by molar-refractivity contribution is 5.97. The minimum absolute atomic E-state index is 0.0469. The van der Waals surface area contributed by atoms with Gasteiger partial charge in [-0.05, 0) is 48.7 Å². The van der Waals surface area contributed by atoms with Gasteiger partial charge in [0.15, 0.2) is 11.5 Å². The average Bonchev–Trinajstić information content (AvgIpc) is 3.55. The van der Waals surface area contributed by atoms with Gasteiger partial charge in [-0.1, -0.05) is 0 Å². The highest BCUT2D eigenvalue weighted by Gasteiger charge is 2.32. The van der Waals surface area contributed by atoms with Crippen LogP contribution in [0.3, 0.4) is 0 Å². The first-order chi connectivity index (χ1) is 13.1. The second-order valence-electron chi connectivity index (χ2n) is 6.36. The molecule has 2 aromatic rings. The topological polar surface area (TPSA) is 80.8 Å². The highest BCUT2D eigenvalue weighted by atomic mass is 16.5. The monoisotopic (exact) mass is 369 g/mol. The van der Waals surface area contributed by atoms with Crippen LogP contribution in [0, 0.1) is 0 Å². The lowest BCUT2D eigenvalue weighted by atomic mass is 10.2. The van der Waals surface area contributed by atoms with Crippen LogP contribution in [0.5, 0.6) is 11.5 Å². The largest absolute Gasteiger partial charge is 0.493 e. The number of nitrogens with one attached hydrogen (secondary N) is 1. The summed E-state index contributed by atoms with van der Waals surface area (Å²) in [5, 5.41) is 2.70. The number of amides is 2. The minimum Gasteiger partial charge on any atom is -0.493 e. The Morgan fingerprint density at radius 2 is 1.81 bits per heavy atom. The van der Waals surface area contributed by atoms with E-state index < -0.39 is 0 Å². The van der Waals surface area contributed by atoms with E-state index in [4.69, 9.17) is 9.47 Å². The van der Waals surface area contributed by atoms with E-state index in [0.717, 1.165) is 18.4 Å². The number of carbonyl (C=O) groups excluding carboxylic acids is 2. The van der Waals surface area contributed by atoms with Gasteiger partial charge in [-0.3, -0.25) is 14.6 Å². The summed E-state index contributed by atoms with van der Waals surface area (Å²) in [7, 11) is 3.04. The van der Waals surface area contributed by atoms with Gasteiger partial charge in [0.2, 0.25) is 5.91 Å². The smallest absolute Gasteiger partial charge is 0.251 e. The lowest BCUT2D eigenvalue weighted by Crippen LogP contribution is -2.41. The Morgan fingerprint density at radius 1 is 1.11 bits per heavy atom. The van der Waals surface area contributed by atoms with E-state index in [1.165, 1.54) is 14.2 Å². The van der Waals surface area contributed by atoms with Gasteiger partial charge in [-0.25, -0.2) is 0 Å². The van der Waals surface area contributed by atoms with Crippen LogP contribution < -0.4 is 14.8 Å². The lowest BCUT2D eigenvalue weighted by Gasteiger charge is -2.22. The van der Waals surface area contributed by atoms with Crippen LogP contribution in [-0.2, 0) is 11.3 Å². The van der Waals surface area contributed by atoms with Gasteiger partial charge in [-0.15, -0.1) is 0 Å². The van der Waals surface area contributed by atoms with Crippen molar-refractivity contribution < 1.29 is 19.1 Å². The average molecular weight is 369 g/mol. The first kappa shape index (κ1) is 18.7. The van der Waals surface area contributed by atoms with Gasteiger partial charge in [0.25, 0.3) is 5.91 Å². The number of hydrogen-bond acceptors (Lipinski definition) is 5. The third-order valence-corrected chi connectivity index (χ3v) is 4.46. The van der Waals surface area contributed by atoms with Crippen molar-refractivity contribution in [3.8, 4) is 11.5 Å². The molecule has 142 valence electrons. The van der Waals surface area contributed by atoms with E-state index in [-0.39, 0.29) is 24.4 Å². The summed E-state index contributed by atoms with van der Waals surface area (Å²) < 4.78 is 10.4. The Hall–Kier alpha value is -3.09. The molecule has 1 aromatic heterocycles. The molecule has 1 fully saturated rings. The van der Waals surface area contributed by atoms with Gasteiger partial charge in [-0.2, -0.15) is 0 Å². The Morgan fingerprint density at radius 3 is 2.44 bits per heavy atom. The third-order valence-electron chi connectivity index (χ3n) is 4.46. The number of rotatable bonds is 8. The predicted octanol–water partition coefficient (Wildman–Crippen LogP) is 2.02. The molecule has 0 saturated heterocycles. The molecule has 0 bridgehead atoms. The molecular formula is C20H23N3O4. The number of aromatic nitrogens is 1. The molecule has 1 aliphatic carbocycles. The van der Waals surface area contributed by atoms with Crippen molar-refractivity contribution in [1.82, 2.24) is 15.2 Å². The second-order valence-corrected chi connectivity index (χ2v) is 6.36. The first-order valence-electron chi connectivity index (χ1n) is 8.81. The number of carbonyl (C=O) groups is 2. The van der Waals surface area contributed by atoms with Crippen molar-refractivity contribution in [2.45, 2.75) is 25.4 Å². The van der Waals surface area contributed by atoms with Gasteiger partial charge in [0, 0.05) is 30.5 Å². The molecule has 7 heteroatoms. The van der Waals surface area contributed by atoms with Crippen LogP contribution in [-0.4, -0.2) is 48.5 Å². The van der Waals surface area contributed by atoms with Crippen molar-refractivity contribution >= 4 is 11.8 Å². The Labute approximate surface area is 158 Å². The Balaban J connectivity index is 1.61. The quantitative estimate of drug-likeness (QED) is 0.770. The molecule has 0 spiro atoms. The van der Waals surface area contributed by atoms with Crippen LogP contribution in [0.1, 0.15) is 28.8 Å². The highest BCUT2D eigenvalue weighted by Crippen LogP contribution is 2.29. The molecule has 27 heavy (non-hydrogen) atoms. The number of ether oxygens (including phenoxy) is 2. The number of methoxy groups -OCH3 is 2. The molecule has 0 atom stereocenters. The van der Waals surface area contributed by atoms with Crippen LogP contribution in [0.25, 0.3) is 0 Å². The minimum atomic E-state index is -0.330. The molecule has 7 nitrogen and oxygen atoms in total. The van der Waals surface area contributed by atoms with Gasteiger partial charge < -0.3 is 19.7 Å². The van der Waals surface area contributed by atoms with E-state index in [1.807, 2.05) is 17.0 Å². The zero-order valence-corrected chi connectivity index (χ0v) is 15.5. The van der Waals surface area contributed by atoms with Gasteiger partial charge in [0.05, 0.1) is 20.8 Å². The maximum Gasteiger partial charge on any atom is 0.251 e. The molecule has 0 unspecified atom stereocenters. The fraction of sp³-hybridized carbons (Fsp3) is 0.350. The molecule has 0 radical (unpaired) electrons. The van der Waals surface area contributed by atoms with Crippen LogP contribution >= 0.6 is 0 Å². The Bertz CT molecular complexity index is 806. The lowest BCUT2D eigenvalue weighted by molar-refractivity contribution is -0.131. The summed E-state index contributed by atoms with van der Waals surface area (Å²) in [5.41, 5.74) is 1.43. The maximum atomic E-state index is 12.6. The Kier molecular flexibility index (Phi) is 5.90. The second kappa shape index (κ2) is 8.53. The number of hydrogen-bond donors (Lipinski definition) is 1. The molecule has 2 amide bonds. The van der Waals surface area contributed by atoms with Gasteiger partial charge in [0.1, 0.15) is 0 Å². The maximum absolute atomic E-state index is 12.6. The normalized spacial score (nSPS) is 13.0. The molecule has 1 aliphatic rings. The van der Waals surface area contributed by atoms with Crippen molar-refractivity contribution in [3.63, 3.8) is 0 Å². The molecule has 1 aromatic carbocycles. The summed E-state index contributed by atoms with van der Waals surface area (Å²) in [5.74, 6) is 0.586. The summed E-state index contributed by atoms with van der Waals surface area (Å²) in [6.45, 7) is 0.479. The fourth-order valence-corrected chi connectivity index (χ4v) is 2.83. The molecule has 1 saturated carbocycles. The summed E-state index contributed by atoms with van der Waals surface area (Å²) >= 11 is 0. The van der Waals surface area contributed by atoms with E-state index in [2.05, 4.69) is 10.3 Å². The number of benzene rings is 1. The molecule has 0 aliphatic heterocycles. The summed E-state index contributed by atoms with van der Waals surface area (Å²) in [6.07, 6.45) is 5.42. The van der Waals surface area contributed by atoms with Crippen LogP contribution in [0.2, 0.25) is 0 Å². The third kappa shape index (κ3) is 4.75. The molecule has 1 N–H and O–H groups in total. The summed E-state index contributed by atoms with van der Waals surface area (Å²) in [4.78, 5) is 30.9. The first-order valence-corrected chi connectivity index (χ1v) is 8.81. The van der Waals surface area contributed by atoms with E-state index >= 15 is 0 Å². The SMILES string of the molecule is COc1ccc(C(=O)NCC(=O)N(Cc2ccncc2)C2CC2)cc1OC. The van der Waals surface area contributed by atoms with Crippen molar-refractivity contribution in [2.24, 2.45) is 0 Å². The zero-order valence-electron chi connectivity index (χ0n) is 15.5. The van der Waals surface area contributed by atoms with E-state index in [1.54, 1.807) is 30.6 Å². The number of pyridine rings is 1. The van der Waals surface area contributed by atoms with Gasteiger partial charge >= 0.3 is 0 Å². The number of nitrogens with zero attached hydrogens (tertiary/aromatic N) is 2. The zero-order chi connectivity index (χ0) is 19.2. The van der Waals surface area contributed by atoms with E-state index in [0.29, 0.717) is 23.6 Å². The summed E-state index contributed by atoms with van der Waals surface area (Å²) in [6, 6.07) is 8.93. The molecule has 1 heterocycles. The standard InChI is InChI=1S/C20H23N3O4/c1-26-17-6-3-15(11-18(17)27-2)20(25)22-12-19(24)23(16-4-5-16)13-14-7-9-21-10-8-14/h3,6-11,16H,4-5,12-13H2,1-2H3,(H,22,25). The fourth-order valence-electron chi connectivity index (χ4n) is 2.83. The van der Waals surface area contributed by atoms with Crippen molar-refractivity contribution in [3.05, 3.63) is 53.9 Å². The predicted molar refractivity (Wildman–Crippen MR) is 99.7 cm³/mol. The van der Waals surface area contributed by atoms with Crippen LogP contribution in [0.15, 0.2) is 42.7 Å². The van der Waals surface area contributed by atoms with Crippen LogP contribution in [0.4, 0.5) is 0 Å².